The average Bonchev–Trinajstić information content (AvgIpc) is 2.30. The number of aryl methyl sites for hydroxylation is 1. The summed E-state index contributed by atoms with van der Waals surface area (Å²) < 4.78 is 26.8. The zero-order valence-electron chi connectivity index (χ0n) is 9.42. The van der Waals surface area contributed by atoms with Gasteiger partial charge in [-0.2, -0.15) is 0 Å². The third-order valence-corrected chi connectivity index (χ3v) is 3.95. The molecule has 0 radical (unpaired) electrons. The highest BCUT2D eigenvalue weighted by molar-refractivity contribution is 7.92. The number of benzene rings is 2. The molecule has 0 atom stereocenters. The molecule has 17 heavy (non-hydrogen) atoms. The first kappa shape index (κ1) is 11.7. The molecule has 0 aliphatic heterocycles. The number of nitrogens with one attached hydrogen (secondary N) is 1. The lowest BCUT2D eigenvalue weighted by Crippen LogP contribution is -2.13. The highest BCUT2D eigenvalue weighted by Gasteiger charge is 2.15. The lowest BCUT2D eigenvalue weighted by molar-refractivity contribution is 0.600. The Hall–Kier alpha value is -1.81. The fourth-order valence-corrected chi connectivity index (χ4v) is 2.88. The predicted octanol–water partition coefficient (Wildman–Crippen LogP) is 2.80. The number of para-hydroxylation sites is 1. The van der Waals surface area contributed by atoms with Gasteiger partial charge in [-0.15, -0.1) is 0 Å². The van der Waals surface area contributed by atoms with Gasteiger partial charge in [0.05, 0.1) is 4.90 Å². The predicted molar refractivity (Wildman–Crippen MR) is 68.4 cm³/mol. The van der Waals surface area contributed by atoms with Crippen molar-refractivity contribution in [3.63, 3.8) is 0 Å². The standard InChI is InChI=1S/C13H13NO2S/c1-11-7-5-6-10-13(11)17(15,16)14-12-8-3-2-4-9-12/h2-10,14H,1H3. The molecule has 2 rings (SSSR count). The van der Waals surface area contributed by atoms with Gasteiger partial charge in [0.15, 0.2) is 0 Å². The van der Waals surface area contributed by atoms with Crippen LogP contribution >= 0.6 is 0 Å². The lowest BCUT2D eigenvalue weighted by atomic mass is 10.2. The molecular weight excluding hydrogens is 234 g/mol. The highest BCUT2D eigenvalue weighted by atomic mass is 32.2. The van der Waals surface area contributed by atoms with E-state index in [1.54, 1.807) is 49.4 Å². The zero-order chi connectivity index (χ0) is 12.3. The van der Waals surface area contributed by atoms with Crippen LogP contribution in [-0.2, 0) is 10.0 Å². The van der Waals surface area contributed by atoms with E-state index in [2.05, 4.69) is 4.72 Å². The molecule has 4 heteroatoms. The van der Waals surface area contributed by atoms with Crippen LogP contribution < -0.4 is 4.72 Å². The monoisotopic (exact) mass is 247 g/mol. The smallest absolute Gasteiger partial charge is 0.262 e. The first-order valence-electron chi connectivity index (χ1n) is 5.23. The SMILES string of the molecule is Cc1ccccc1S(=O)(=O)Nc1ccccc1. The van der Waals surface area contributed by atoms with E-state index >= 15 is 0 Å². The van der Waals surface area contributed by atoms with E-state index in [4.69, 9.17) is 0 Å². The van der Waals surface area contributed by atoms with Crippen LogP contribution in [-0.4, -0.2) is 8.42 Å². The molecule has 0 saturated heterocycles. The fourth-order valence-electron chi connectivity index (χ4n) is 1.57. The van der Waals surface area contributed by atoms with Gasteiger partial charge in [0.2, 0.25) is 0 Å². The highest BCUT2D eigenvalue weighted by Crippen LogP contribution is 2.18. The summed E-state index contributed by atoms with van der Waals surface area (Å²) in [4.78, 5) is 0.309. The molecule has 0 amide bonds. The van der Waals surface area contributed by atoms with Crippen LogP contribution in [0, 0.1) is 6.92 Å². The second kappa shape index (κ2) is 4.59. The number of anilines is 1. The minimum absolute atomic E-state index is 0.309. The van der Waals surface area contributed by atoms with Crippen LogP contribution in [0.1, 0.15) is 5.56 Å². The third-order valence-electron chi connectivity index (χ3n) is 2.41. The number of hydrogen-bond acceptors (Lipinski definition) is 2. The molecule has 0 heterocycles. The molecule has 0 aliphatic rings. The molecule has 1 N–H and O–H groups in total. The lowest BCUT2D eigenvalue weighted by Gasteiger charge is -2.09. The summed E-state index contributed by atoms with van der Waals surface area (Å²) in [5.74, 6) is 0. The van der Waals surface area contributed by atoms with Crippen molar-refractivity contribution in [2.24, 2.45) is 0 Å². The second-order valence-corrected chi connectivity index (χ2v) is 5.39. The van der Waals surface area contributed by atoms with Crippen molar-refractivity contribution < 1.29 is 8.42 Å². The quantitative estimate of drug-likeness (QED) is 0.906. The van der Waals surface area contributed by atoms with Crippen molar-refractivity contribution in [1.82, 2.24) is 0 Å². The molecule has 0 aliphatic carbocycles. The molecular formula is C13H13NO2S. The maximum atomic E-state index is 12.1. The largest absolute Gasteiger partial charge is 0.280 e. The zero-order valence-corrected chi connectivity index (χ0v) is 10.2. The van der Waals surface area contributed by atoms with Gasteiger partial charge in [-0.05, 0) is 30.7 Å². The summed E-state index contributed by atoms with van der Waals surface area (Å²) in [6.45, 7) is 1.78. The van der Waals surface area contributed by atoms with Crippen molar-refractivity contribution in [3.8, 4) is 0 Å². The summed E-state index contributed by atoms with van der Waals surface area (Å²) in [5.41, 5.74) is 1.30. The normalized spacial score (nSPS) is 11.1. The maximum Gasteiger partial charge on any atom is 0.262 e. The van der Waals surface area contributed by atoms with Crippen molar-refractivity contribution >= 4 is 15.7 Å². The summed E-state index contributed by atoms with van der Waals surface area (Å²) in [5, 5.41) is 0. The van der Waals surface area contributed by atoms with E-state index in [1.807, 2.05) is 12.1 Å². The number of hydrogen-bond donors (Lipinski definition) is 1. The summed E-state index contributed by atoms with van der Waals surface area (Å²) in [6, 6.07) is 15.8. The van der Waals surface area contributed by atoms with Crippen LogP contribution in [0.3, 0.4) is 0 Å². The van der Waals surface area contributed by atoms with Gasteiger partial charge in [-0.25, -0.2) is 8.42 Å². The molecule has 0 unspecified atom stereocenters. The Morgan fingerprint density at radius 3 is 2.12 bits per heavy atom. The molecule has 0 saturated carbocycles. The summed E-state index contributed by atoms with van der Waals surface area (Å²) in [7, 11) is -3.49. The minimum Gasteiger partial charge on any atom is -0.280 e. The van der Waals surface area contributed by atoms with E-state index in [1.165, 1.54) is 0 Å². The summed E-state index contributed by atoms with van der Waals surface area (Å²) >= 11 is 0. The van der Waals surface area contributed by atoms with Crippen LogP contribution in [0.5, 0.6) is 0 Å². The van der Waals surface area contributed by atoms with E-state index in [9.17, 15) is 8.42 Å². The maximum absolute atomic E-state index is 12.1. The summed E-state index contributed by atoms with van der Waals surface area (Å²) in [6.07, 6.45) is 0. The van der Waals surface area contributed by atoms with Crippen molar-refractivity contribution in [3.05, 3.63) is 60.2 Å². The van der Waals surface area contributed by atoms with Gasteiger partial charge in [-0.1, -0.05) is 36.4 Å². The second-order valence-electron chi connectivity index (χ2n) is 3.74. The van der Waals surface area contributed by atoms with Crippen molar-refractivity contribution in [2.75, 3.05) is 4.72 Å². The molecule has 0 spiro atoms. The van der Waals surface area contributed by atoms with Crippen molar-refractivity contribution in [2.45, 2.75) is 11.8 Å². The molecule has 0 fully saturated rings. The van der Waals surface area contributed by atoms with Gasteiger partial charge in [-0.3, -0.25) is 4.72 Å². The van der Waals surface area contributed by atoms with E-state index in [0.29, 0.717) is 10.6 Å². The van der Waals surface area contributed by atoms with E-state index in [0.717, 1.165) is 5.56 Å². The Kier molecular flexibility index (Phi) is 3.15. The average molecular weight is 247 g/mol. The van der Waals surface area contributed by atoms with Crippen LogP contribution in [0.25, 0.3) is 0 Å². The van der Waals surface area contributed by atoms with Crippen LogP contribution in [0.2, 0.25) is 0 Å². The topological polar surface area (TPSA) is 46.2 Å². The number of rotatable bonds is 3. The first-order chi connectivity index (χ1) is 8.09. The molecule has 0 aromatic heterocycles. The number of sulfonamides is 1. The van der Waals surface area contributed by atoms with E-state index < -0.39 is 10.0 Å². The molecule has 88 valence electrons. The van der Waals surface area contributed by atoms with Crippen LogP contribution in [0.4, 0.5) is 5.69 Å². The Morgan fingerprint density at radius 1 is 0.882 bits per heavy atom. The molecule has 0 bridgehead atoms. The molecule has 2 aromatic carbocycles. The van der Waals surface area contributed by atoms with Gasteiger partial charge >= 0.3 is 0 Å². The van der Waals surface area contributed by atoms with Crippen molar-refractivity contribution in [1.29, 1.82) is 0 Å². The molecule has 2 aromatic rings. The van der Waals surface area contributed by atoms with Gasteiger partial charge in [0, 0.05) is 5.69 Å². The van der Waals surface area contributed by atoms with Gasteiger partial charge in [0.1, 0.15) is 0 Å². The van der Waals surface area contributed by atoms with Crippen LogP contribution in [0.15, 0.2) is 59.5 Å². The third kappa shape index (κ3) is 2.65. The minimum atomic E-state index is -3.49. The van der Waals surface area contributed by atoms with Gasteiger partial charge in [0.25, 0.3) is 10.0 Å². The first-order valence-corrected chi connectivity index (χ1v) is 6.71. The van der Waals surface area contributed by atoms with E-state index in [-0.39, 0.29) is 0 Å². The Morgan fingerprint density at radius 2 is 1.47 bits per heavy atom. The Labute approximate surface area is 101 Å². The molecule has 3 nitrogen and oxygen atoms in total. The fraction of sp³-hybridized carbons (Fsp3) is 0.0769. The van der Waals surface area contributed by atoms with Gasteiger partial charge < -0.3 is 0 Å². The Bertz CT molecular complexity index is 606. The Balaban J connectivity index is 2.36.